The van der Waals surface area contributed by atoms with E-state index >= 15 is 0 Å². The molecule has 0 aliphatic carbocycles. The number of nitrogens with one attached hydrogen (secondary N) is 1. The zero-order chi connectivity index (χ0) is 10.6. The molecule has 2 N–H and O–H groups in total. The Morgan fingerprint density at radius 3 is 2.64 bits per heavy atom. The van der Waals surface area contributed by atoms with Crippen molar-refractivity contribution in [2.45, 2.75) is 39.3 Å². The molecule has 1 unspecified atom stereocenters. The smallest absolute Gasteiger partial charge is 0.0636 e. The van der Waals surface area contributed by atoms with Crippen molar-refractivity contribution in [3.8, 4) is 0 Å². The number of hydrogen-bond acceptors (Lipinski definition) is 3. The lowest BCUT2D eigenvalue weighted by Crippen LogP contribution is -2.26. The maximum absolute atomic E-state index is 9.14. The molecular weight excluding hydrogens is 194 g/mol. The first-order valence-electron chi connectivity index (χ1n) is 5.13. The van der Waals surface area contributed by atoms with Gasteiger partial charge in [0.25, 0.3) is 0 Å². The zero-order valence-corrected chi connectivity index (χ0v) is 9.90. The average molecular weight is 213 g/mol. The van der Waals surface area contributed by atoms with Gasteiger partial charge in [-0.15, -0.1) is 11.3 Å². The SMILES string of the molecule is CCc1ccc(C(C)NC[C@@H](C)O)s1. The summed E-state index contributed by atoms with van der Waals surface area (Å²) in [7, 11) is 0. The molecule has 0 aliphatic heterocycles. The minimum Gasteiger partial charge on any atom is -0.392 e. The van der Waals surface area contributed by atoms with Crippen LogP contribution in [0.3, 0.4) is 0 Å². The van der Waals surface area contributed by atoms with Crippen LogP contribution in [-0.4, -0.2) is 17.8 Å². The molecule has 0 saturated heterocycles. The Bertz CT molecular complexity index is 270. The van der Waals surface area contributed by atoms with Crippen LogP contribution in [0.2, 0.25) is 0 Å². The lowest BCUT2D eigenvalue weighted by molar-refractivity contribution is 0.187. The first-order valence-corrected chi connectivity index (χ1v) is 5.95. The molecule has 3 heteroatoms. The van der Waals surface area contributed by atoms with Crippen molar-refractivity contribution in [2.75, 3.05) is 6.54 Å². The van der Waals surface area contributed by atoms with Crippen molar-refractivity contribution in [3.05, 3.63) is 21.9 Å². The number of aliphatic hydroxyl groups excluding tert-OH is 1. The predicted octanol–water partition coefficient (Wildman–Crippen LogP) is 2.34. The van der Waals surface area contributed by atoms with Crippen LogP contribution in [0.25, 0.3) is 0 Å². The monoisotopic (exact) mass is 213 g/mol. The van der Waals surface area contributed by atoms with Gasteiger partial charge in [-0.25, -0.2) is 0 Å². The maximum Gasteiger partial charge on any atom is 0.0636 e. The normalized spacial score (nSPS) is 15.4. The van der Waals surface area contributed by atoms with Crippen molar-refractivity contribution in [3.63, 3.8) is 0 Å². The summed E-state index contributed by atoms with van der Waals surface area (Å²) in [5.74, 6) is 0. The Labute approximate surface area is 90.0 Å². The standard InChI is InChI=1S/C11H19NOS/c1-4-10-5-6-11(14-10)9(3)12-7-8(2)13/h5-6,8-9,12-13H,4,7H2,1-3H3/t8-,9?/m1/s1. The van der Waals surface area contributed by atoms with Crippen LogP contribution in [0.15, 0.2) is 12.1 Å². The topological polar surface area (TPSA) is 32.3 Å². The molecule has 14 heavy (non-hydrogen) atoms. The highest BCUT2D eigenvalue weighted by molar-refractivity contribution is 7.12. The lowest BCUT2D eigenvalue weighted by atomic mass is 10.2. The second-order valence-electron chi connectivity index (χ2n) is 3.64. The van der Waals surface area contributed by atoms with E-state index in [0.717, 1.165) is 6.42 Å². The van der Waals surface area contributed by atoms with Crippen molar-refractivity contribution in [2.24, 2.45) is 0 Å². The van der Waals surface area contributed by atoms with Gasteiger partial charge >= 0.3 is 0 Å². The van der Waals surface area contributed by atoms with E-state index in [2.05, 4.69) is 31.3 Å². The van der Waals surface area contributed by atoms with Gasteiger partial charge in [0.15, 0.2) is 0 Å². The highest BCUT2D eigenvalue weighted by Gasteiger charge is 2.08. The van der Waals surface area contributed by atoms with Crippen LogP contribution in [-0.2, 0) is 6.42 Å². The Kier molecular flexibility index (Phi) is 4.58. The summed E-state index contributed by atoms with van der Waals surface area (Å²) >= 11 is 1.85. The highest BCUT2D eigenvalue weighted by atomic mass is 32.1. The first-order chi connectivity index (χ1) is 6.63. The van der Waals surface area contributed by atoms with Crippen molar-refractivity contribution >= 4 is 11.3 Å². The van der Waals surface area contributed by atoms with Crippen LogP contribution < -0.4 is 5.32 Å². The van der Waals surface area contributed by atoms with Crippen LogP contribution in [0, 0.1) is 0 Å². The molecule has 1 aromatic heterocycles. The van der Waals surface area contributed by atoms with E-state index in [0.29, 0.717) is 12.6 Å². The summed E-state index contributed by atoms with van der Waals surface area (Å²) in [6.07, 6.45) is 0.830. The molecule has 2 nitrogen and oxygen atoms in total. The van der Waals surface area contributed by atoms with Crippen LogP contribution in [0.1, 0.15) is 36.6 Å². The molecular formula is C11H19NOS. The molecule has 2 atom stereocenters. The second kappa shape index (κ2) is 5.49. The van der Waals surface area contributed by atoms with Gasteiger partial charge in [0.2, 0.25) is 0 Å². The summed E-state index contributed by atoms with van der Waals surface area (Å²) in [5.41, 5.74) is 0. The van der Waals surface area contributed by atoms with Crippen molar-refractivity contribution < 1.29 is 5.11 Å². The molecule has 1 heterocycles. The summed E-state index contributed by atoms with van der Waals surface area (Å²) in [5, 5.41) is 12.4. The molecule has 0 aliphatic rings. The van der Waals surface area contributed by atoms with Gasteiger partial charge in [-0.1, -0.05) is 6.92 Å². The first kappa shape index (κ1) is 11.7. The van der Waals surface area contributed by atoms with Crippen LogP contribution in [0.5, 0.6) is 0 Å². The van der Waals surface area contributed by atoms with Gasteiger partial charge in [0.05, 0.1) is 6.10 Å². The lowest BCUT2D eigenvalue weighted by Gasteiger charge is -2.13. The zero-order valence-electron chi connectivity index (χ0n) is 9.08. The average Bonchev–Trinajstić information content (AvgIpc) is 2.62. The van der Waals surface area contributed by atoms with E-state index in [-0.39, 0.29) is 6.10 Å². The minimum atomic E-state index is -0.275. The van der Waals surface area contributed by atoms with Crippen molar-refractivity contribution in [1.29, 1.82) is 0 Å². The summed E-state index contributed by atoms with van der Waals surface area (Å²) in [4.78, 5) is 2.77. The third-order valence-electron chi connectivity index (χ3n) is 2.18. The van der Waals surface area contributed by atoms with Gasteiger partial charge in [-0.2, -0.15) is 0 Å². The number of hydrogen-bond donors (Lipinski definition) is 2. The molecule has 0 fully saturated rings. The number of rotatable bonds is 5. The van der Waals surface area contributed by atoms with E-state index in [1.807, 2.05) is 11.3 Å². The molecule has 0 radical (unpaired) electrons. The van der Waals surface area contributed by atoms with Gasteiger partial charge in [-0.3, -0.25) is 0 Å². The van der Waals surface area contributed by atoms with E-state index in [9.17, 15) is 0 Å². The summed E-state index contributed by atoms with van der Waals surface area (Å²) in [6.45, 7) is 6.75. The minimum absolute atomic E-state index is 0.275. The second-order valence-corrected chi connectivity index (χ2v) is 4.84. The molecule has 0 bridgehead atoms. The largest absolute Gasteiger partial charge is 0.392 e. The van der Waals surface area contributed by atoms with Crippen LogP contribution >= 0.6 is 11.3 Å². The highest BCUT2D eigenvalue weighted by Crippen LogP contribution is 2.23. The Balaban J connectivity index is 2.47. The van der Waals surface area contributed by atoms with E-state index < -0.39 is 0 Å². The van der Waals surface area contributed by atoms with Gasteiger partial charge in [0, 0.05) is 22.3 Å². The van der Waals surface area contributed by atoms with E-state index in [1.54, 1.807) is 6.92 Å². The molecule has 80 valence electrons. The van der Waals surface area contributed by atoms with E-state index in [4.69, 9.17) is 5.11 Å². The third-order valence-corrected chi connectivity index (χ3v) is 3.59. The predicted molar refractivity (Wildman–Crippen MR) is 61.8 cm³/mol. The Morgan fingerprint density at radius 2 is 2.14 bits per heavy atom. The molecule has 0 aromatic carbocycles. The van der Waals surface area contributed by atoms with Gasteiger partial charge in [0.1, 0.15) is 0 Å². The molecule has 0 spiro atoms. The quantitative estimate of drug-likeness (QED) is 0.787. The molecule has 0 saturated carbocycles. The van der Waals surface area contributed by atoms with E-state index in [1.165, 1.54) is 9.75 Å². The van der Waals surface area contributed by atoms with Crippen LogP contribution in [0.4, 0.5) is 0 Å². The summed E-state index contributed by atoms with van der Waals surface area (Å²) < 4.78 is 0. The fourth-order valence-corrected chi connectivity index (χ4v) is 2.24. The number of aliphatic hydroxyl groups is 1. The molecule has 1 rings (SSSR count). The summed E-state index contributed by atoms with van der Waals surface area (Å²) in [6, 6.07) is 4.69. The Morgan fingerprint density at radius 1 is 1.43 bits per heavy atom. The van der Waals surface area contributed by atoms with Gasteiger partial charge in [-0.05, 0) is 32.4 Å². The maximum atomic E-state index is 9.14. The van der Waals surface area contributed by atoms with Gasteiger partial charge < -0.3 is 10.4 Å². The number of aryl methyl sites for hydroxylation is 1. The third kappa shape index (κ3) is 3.40. The molecule has 0 amide bonds. The fraction of sp³-hybridized carbons (Fsp3) is 0.636. The Hall–Kier alpha value is -0.380. The molecule has 1 aromatic rings. The fourth-order valence-electron chi connectivity index (χ4n) is 1.27. The van der Waals surface area contributed by atoms with Crippen molar-refractivity contribution in [1.82, 2.24) is 5.32 Å². The number of thiophene rings is 1.